The largest absolute Gasteiger partial charge is 0.480 e. The monoisotopic (exact) mass is 543 g/mol. The van der Waals surface area contributed by atoms with Gasteiger partial charge in [-0.05, 0) is 38.0 Å². The molecule has 0 saturated carbocycles. The molecule has 216 valence electrons. The van der Waals surface area contributed by atoms with Crippen LogP contribution in [0.25, 0.3) is 0 Å². The van der Waals surface area contributed by atoms with Gasteiger partial charge in [0, 0.05) is 19.4 Å². The van der Waals surface area contributed by atoms with E-state index in [9.17, 15) is 33.9 Å². The van der Waals surface area contributed by atoms with Crippen LogP contribution in [0.1, 0.15) is 58.8 Å². The van der Waals surface area contributed by atoms with Crippen molar-refractivity contribution in [1.29, 1.82) is 0 Å². The van der Waals surface area contributed by atoms with Crippen molar-refractivity contribution in [3.05, 3.63) is 0 Å². The number of aliphatic carboxylic acids is 1. The molecule has 0 aliphatic carbocycles. The Balaban J connectivity index is 5.65. The van der Waals surface area contributed by atoms with Crippen molar-refractivity contribution in [2.75, 3.05) is 6.54 Å². The van der Waals surface area contributed by atoms with Crippen molar-refractivity contribution < 1.29 is 33.9 Å². The summed E-state index contributed by atoms with van der Waals surface area (Å²) in [5.74, 6) is -5.19. The van der Waals surface area contributed by atoms with Gasteiger partial charge in [-0.25, -0.2) is 4.79 Å². The summed E-state index contributed by atoms with van der Waals surface area (Å²) in [5, 5.41) is 16.8. The molecule has 0 aliphatic rings. The number of carboxylic acid groups (broad SMARTS) is 1. The van der Waals surface area contributed by atoms with Crippen molar-refractivity contribution in [3.8, 4) is 0 Å². The smallest absolute Gasteiger partial charge is 0.326 e. The summed E-state index contributed by atoms with van der Waals surface area (Å²) < 4.78 is 0. The SMILES string of the molecule is CC(C)C[C@H](NC(=O)[C@@H](N)CCC(N)=O)C(=O)N[C@@H](CCCN=C(N)N)C(=O)N[C@@H](CCC(N)=O)C(=O)O. The van der Waals surface area contributed by atoms with Crippen molar-refractivity contribution in [3.63, 3.8) is 0 Å². The van der Waals surface area contributed by atoms with Gasteiger partial charge in [-0.2, -0.15) is 0 Å². The molecule has 0 aromatic heterocycles. The van der Waals surface area contributed by atoms with Crippen molar-refractivity contribution in [1.82, 2.24) is 16.0 Å². The van der Waals surface area contributed by atoms with Gasteiger partial charge in [0.05, 0.1) is 6.04 Å². The minimum Gasteiger partial charge on any atom is -0.480 e. The van der Waals surface area contributed by atoms with Crippen LogP contribution >= 0.6 is 0 Å². The van der Waals surface area contributed by atoms with E-state index in [1.807, 2.05) is 13.8 Å². The van der Waals surface area contributed by atoms with Gasteiger partial charge in [-0.3, -0.25) is 29.0 Å². The van der Waals surface area contributed by atoms with Crippen LogP contribution in [0, 0.1) is 5.92 Å². The number of hydrogen-bond donors (Lipinski definition) is 9. The average molecular weight is 544 g/mol. The minimum atomic E-state index is -1.43. The molecular formula is C22H41N9O7. The van der Waals surface area contributed by atoms with Crippen LogP contribution in [-0.4, -0.2) is 77.3 Å². The number of carbonyl (C=O) groups is 6. The molecule has 16 heteroatoms. The number of nitrogens with zero attached hydrogens (tertiary/aromatic N) is 1. The average Bonchev–Trinajstić information content (AvgIpc) is 2.80. The molecule has 0 aliphatic heterocycles. The number of aliphatic imine (C=N–C) groups is 1. The molecule has 0 bridgehead atoms. The van der Waals surface area contributed by atoms with E-state index < -0.39 is 59.7 Å². The summed E-state index contributed by atoms with van der Waals surface area (Å²) >= 11 is 0. The summed E-state index contributed by atoms with van der Waals surface area (Å²) in [6.45, 7) is 3.76. The second-order valence-electron chi connectivity index (χ2n) is 9.22. The Morgan fingerprint density at radius 1 is 0.737 bits per heavy atom. The molecule has 16 nitrogen and oxygen atoms in total. The molecule has 0 spiro atoms. The van der Waals surface area contributed by atoms with Gasteiger partial charge >= 0.3 is 5.97 Å². The van der Waals surface area contributed by atoms with Crippen molar-refractivity contribution in [2.45, 2.75) is 83.0 Å². The number of guanidine groups is 1. The van der Waals surface area contributed by atoms with Gasteiger partial charge < -0.3 is 49.7 Å². The highest BCUT2D eigenvalue weighted by molar-refractivity contribution is 5.94. The topological polar surface area (TPSA) is 301 Å². The summed E-state index contributed by atoms with van der Waals surface area (Å²) in [4.78, 5) is 76.0. The molecule has 14 N–H and O–H groups in total. The number of hydrogen-bond acceptors (Lipinski definition) is 8. The first-order valence-corrected chi connectivity index (χ1v) is 12.1. The van der Waals surface area contributed by atoms with E-state index in [2.05, 4.69) is 20.9 Å². The molecule has 0 fully saturated rings. The van der Waals surface area contributed by atoms with E-state index >= 15 is 0 Å². The predicted octanol–water partition coefficient (Wildman–Crippen LogP) is -3.52. The minimum absolute atomic E-state index is 0.0190. The molecule has 5 amide bonds. The lowest BCUT2D eigenvalue weighted by Gasteiger charge is -2.26. The fraction of sp³-hybridized carbons (Fsp3) is 0.682. The number of carbonyl (C=O) groups excluding carboxylic acids is 5. The number of nitrogens with two attached hydrogens (primary N) is 5. The highest BCUT2D eigenvalue weighted by Crippen LogP contribution is 2.09. The third-order valence-corrected chi connectivity index (χ3v) is 5.25. The first kappa shape index (κ1) is 34.0. The van der Waals surface area contributed by atoms with E-state index in [0.717, 1.165) is 0 Å². The molecule has 38 heavy (non-hydrogen) atoms. The van der Waals surface area contributed by atoms with Crippen LogP contribution in [0.4, 0.5) is 0 Å². The van der Waals surface area contributed by atoms with Crippen LogP contribution in [0.5, 0.6) is 0 Å². The maximum absolute atomic E-state index is 13.1. The van der Waals surface area contributed by atoms with Crippen LogP contribution in [-0.2, 0) is 28.8 Å². The number of primary amides is 2. The normalized spacial score (nSPS) is 13.9. The van der Waals surface area contributed by atoms with E-state index in [4.69, 9.17) is 28.7 Å². The maximum atomic E-state index is 13.1. The summed E-state index contributed by atoms with van der Waals surface area (Å²) in [5.41, 5.74) is 26.6. The Labute approximate surface area is 220 Å². The molecule has 0 aromatic rings. The third kappa shape index (κ3) is 15.2. The number of nitrogens with one attached hydrogen (secondary N) is 3. The number of amides is 5. The van der Waals surface area contributed by atoms with Crippen LogP contribution in [0.15, 0.2) is 4.99 Å². The fourth-order valence-corrected chi connectivity index (χ4v) is 3.27. The first-order chi connectivity index (χ1) is 17.6. The van der Waals surface area contributed by atoms with Gasteiger partial charge in [-0.15, -0.1) is 0 Å². The molecule has 0 heterocycles. The van der Waals surface area contributed by atoms with Crippen molar-refractivity contribution in [2.24, 2.45) is 39.6 Å². The Kier molecular flexibility index (Phi) is 15.7. The first-order valence-electron chi connectivity index (χ1n) is 12.1. The molecule has 0 aromatic carbocycles. The summed E-state index contributed by atoms with van der Waals surface area (Å²) in [7, 11) is 0. The number of carboxylic acids is 1. The molecule has 0 saturated heterocycles. The Morgan fingerprint density at radius 3 is 1.74 bits per heavy atom. The lowest BCUT2D eigenvalue weighted by atomic mass is 10.0. The zero-order valence-corrected chi connectivity index (χ0v) is 21.8. The summed E-state index contributed by atoms with van der Waals surface area (Å²) in [6, 6.07) is -4.82. The Morgan fingerprint density at radius 2 is 1.24 bits per heavy atom. The highest BCUT2D eigenvalue weighted by Gasteiger charge is 2.30. The van der Waals surface area contributed by atoms with Crippen LogP contribution in [0.2, 0.25) is 0 Å². The third-order valence-electron chi connectivity index (χ3n) is 5.25. The molecule has 0 unspecified atom stereocenters. The molecule has 4 atom stereocenters. The van der Waals surface area contributed by atoms with E-state index in [-0.39, 0.29) is 63.4 Å². The Hall–Kier alpha value is -3.95. The molecular weight excluding hydrogens is 502 g/mol. The van der Waals surface area contributed by atoms with Gasteiger partial charge in [0.1, 0.15) is 18.1 Å². The zero-order chi connectivity index (χ0) is 29.4. The zero-order valence-electron chi connectivity index (χ0n) is 21.8. The van der Waals surface area contributed by atoms with Gasteiger partial charge in [0.15, 0.2) is 5.96 Å². The lowest BCUT2D eigenvalue weighted by Crippen LogP contribution is -2.57. The number of rotatable bonds is 19. The second kappa shape index (κ2) is 17.5. The van der Waals surface area contributed by atoms with Gasteiger partial charge in [0.25, 0.3) is 0 Å². The van der Waals surface area contributed by atoms with Crippen molar-refractivity contribution >= 4 is 41.5 Å². The van der Waals surface area contributed by atoms with E-state index in [0.29, 0.717) is 0 Å². The van der Waals surface area contributed by atoms with Gasteiger partial charge in [-0.1, -0.05) is 13.8 Å². The second-order valence-corrected chi connectivity index (χ2v) is 9.22. The van der Waals surface area contributed by atoms with E-state index in [1.165, 1.54) is 0 Å². The van der Waals surface area contributed by atoms with Gasteiger partial charge in [0.2, 0.25) is 29.5 Å². The maximum Gasteiger partial charge on any atom is 0.326 e. The quantitative estimate of drug-likeness (QED) is 0.0439. The molecule has 0 rings (SSSR count). The van der Waals surface area contributed by atoms with Crippen LogP contribution < -0.4 is 44.6 Å². The fourth-order valence-electron chi connectivity index (χ4n) is 3.27. The molecule has 0 radical (unpaired) electrons. The highest BCUT2D eigenvalue weighted by atomic mass is 16.4. The summed E-state index contributed by atoms with van der Waals surface area (Å²) in [6.07, 6.45) is -0.203. The standard InChI is InChI=1S/C22H41N9O7/c1-11(2)10-15(31-18(34)12(23)5-7-16(24)32)20(36)29-13(4-3-9-28-22(26)27)19(35)30-14(21(37)38)6-8-17(25)33/h11-15H,3-10,23H2,1-2H3,(H2,24,32)(H2,25,33)(H,29,36)(H,30,35)(H,31,34)(H,37,38)(H4,26,27,28)/t12-,13-,14-,15-/m0/s1. The lowest BCUT2D eigenvalue weighted by molar-refractivity contribution is -0.142. The Bertz CT molecular complexity index is 875. The van der Waals surface area contributed by atoms with Crippen LogP contribution in [0.3, 0.4) is 0 Å². The van der Waals surface area contributed by atoms with E-state index in [1.54, 1.807) is 0 Å². The predicted molar refractivity (Wildman–Crippen MR) is 138 cm³/mol.